The molecule has 30 heavy (non-hydrogen) atoms. The second-order valence-electron chi connectivity index (χ2n) is 7.44. The molecular formula is C20H19FN6O2S. The van der Waals surface area contributed by atoms with Gasteiger partial charge in [-0.3, -0.25) is 9.69 Å². The monoisotopic (exact) mass is 426 g/mol. The van der Waals surface area contributed by atoms with Gasteiger partial charge < -0.3 is 4.52 Å². The third-order valence-corrected chi connectivity index (χ3v) is 5.99. The molecule has 154 valence electrons. The van der Waals surface area contributed by atoms with E-state index < -0.39 is 0 Å². The van der Waals surface area contributed by atoms with Crippen molar-refractivity contribution in [2.45, 2.75) is 32.2 Å². The van der Waals surface area contributed by atoms with Crippen LogP contribution in [0.1, 0.15) is 35.4 Å². The molecule has 1 fully saturated rings. The maximum atomic E-state index is 13.5. The third kappa shape index (κ3) is 3.75. The molecule has 1 saturated heterocycles. The van der Waals surface area contributed by atoms with Crippen LogP contribution in [0.2, 0.25) is 0 Å². The average Bonchev–Trinajstić information content (AvgIpc) is 3.35. The van der Waals surface area contributed by atoms with Gasteiger partial charge in [-0.25, -0.2) is 9.37 Å². The molecule has 1 aromatic carbocycles. The molecule has 1 atom stereocenters. The zero-order valence-corrected chi connectivity index (χ0v) is 17.1. The fraction of sp³-hybridized carbons (Fsp3) is 0.350. The first kappa shape index (κ1) is 19.0. The van der Waals surface area contributed by atoms with E-state index in [9.17, 15) is 9.18 Å². The highest BCUT2D eigenvalue weighted by Crippen LogP contribution is 2.28. The molecule has 0 bridgehead atoms. The topological polar surface area (TPSA) is 89.4 Å². The Morgan fingerprint density at radius 3 is 3.07 bits per heavy atom. The van der Waals surface area contributed by atoms with E-state index in [1.807, 2.05) is 6.92 Å². The Morgan fingerprint density at radius 1 is 1.30 bits per heavy atom. The van der Waals surface area contributed by atoms with E-state index in [0.717, 1.165) is 36.6 Å². The minimum atomic E-state index is -0.334. The molecule has 0 radical (unpaired) electrons. The minimum absolute atomic E-state index is 0.0871. The van der Waals surface area contributed by atoms with Crippen LogP contribution < -0.4 is 5.56 Å². The second kappa shape index (κ2) is 7.69. The molecule has 8 nitrogen and oxygen atoms in total. The molecule has 1 aliphatic heterocycles. The Morgan fingerprint density at radius 2 is 2.20 bits per heavy atom. The Balaban J connectivity index is 1.32. The summed E-state index contributed by atoms with van der Waals surface area (Å²) < 4.78 is 20.3. The molecule has 1 unspecified atom stereocenters. The van der Waals surface area contributed by atoms with Crippen molar-refractivity contribution in [3.05, 3.63) is 63.1 Å². The molecule has 4 aromatic rings. The molecular weight excluding hydrogens is 407 g/mol. The van der Waals surface area contributed by atoms with Gasteiger partial charge in [0.25, 0.3) is 5.56 Å². The van der Waals surface area contributed by atoms with E-state index in [0.29, 0.717) is 28.8 Å². The van der Waals surface area contributed by atoms with Gasteiger partial charge in [-0.05, 0) is 38.4 Å². The zero-order chi connectivity index (χ0) is 20.7. The van der Waals surface area contributed by atoms with Crippen LogP contribution >= 0.6 is 11.3 Å². The number of rotatable bonds is 4. The van der Waals surface area contributed by atoms with Crippen molar-refractivity contribution in [1.29, 1.82) is 0 Å². The second-order valence-corrected chi connectivity index (χ2v) is 8.60. The number of fused-ring (bicyclic) bond motifs is 1. The van der Waals surface area contributed by atoms with Gasteiger partial charge in [-0.15, -0.1) is 0 Å². The summed E-state index contributed by atoms with van der Waals surface area (Å²) in [6, 6.07) is 7.70. The number of likely N-dealkylation sites (tertiary alicyclic amines) is 1. The lowest BCUT2D eigenvalue weighted by Gasteiger charge is -2.30. The number of aryl methyl sites for hydroxylation is 1. The largest absolute Gasteiger partial charge is 0.339 e. The number of hydrogen-bond acceptors (Lipinski definition) is 8. The van der Waals surface area contributed by atoms with Gasteiger partial charge in [0.2, 0.25) is 16.7 Å². The summed E-state index contributed by atoms with van der Waals surface area (Å²) in [5, 5.41) is 9.01. The number of hydrogen-bond donors (Lipinski definition) is 0. The van der Waals surface area contributed by atoms with Crippen molar-refractivity contribution in [2.75, 3.05) is 13.1 Å². The maximum Gasteiger partial charge on any atom is 0.275 e. The highest BCUT2D eigenvalue weighted by atomic mass is 32.1. The number of nitrogens with zero attached hydrogens (tertiary/aromatic N) is 6. The number of piperidine rings is 1. The van der Waals surface area contributed by atoms with E-state index in [-0.39, 0.29) is 17.3 Å². The van der Waals surface area contributed by atoms with Crippen molar-refractivity contribution in [3.8, 4) is 11.4 Å². The van der Waals surface area contributed by atoms with Gasteiger partial charge in [0, 0.05) is 24.7 Å². The summed E-state index contributed by atoms with van der Waals surface area (Å²) in [5.41, 5.74) is 1.16. The molecule has 3 aromatic heterocycles. The van der Waals surface area contributed by atoms with E-state index in [4.69, 9.17) is 4.52 Å². The fourth-order valence-electron chi connectivity index (χ4n) is 3.81. The lowest BCUT2D eigenvalue weighted by molar-refractivity contribution is 0.178. The lowest BCUT2D eigenvalue weighted by atomic mass is 9.98. The SMILES string of the molecule is Cc1nn2c(=O)cc(CN3CCCC(c4nc(-c5cccc(F)c5)no4)C3)nc2s1. The fourth-order valence-corrected chi connectivity index (χ4v) is 4.58. The first-order valence-electron chi connectivity index (χ1n) is 9.73. The molecule has 1 aliphatic rings. The first-order valence-corrected chi connectivity index (χ1v) is 10.5. The third-order valence-electron chi connectivity index (χ3n) is 5.16. The van der Waals surface area contributed by atoms with Crippen molar-refractivity contribution in [2.24, 2.45) is 0 Å². The van der Waals surface area contributed by atoms with Crippen molar-refractivity contribution in [3.63, 3.8) is 0 Å². The average molecular weight is 426 g/mol. The van der Waals surface area contributed by atoms with Crippen molar-refractivity contribution < 1.29 is 8.91 Å². The molecule has 4 heterocycles. The summed E-state index contributed by atoms with van der Waals surface area (Å²) in [6.07, 6.45) is 1.91. The van der Waals surface area contributed by atoms with Gasteiger partial charge in [-0.2, -0.15) is 14.6 Å². The molecule has 0 amide bonds. The Hall–Kier alpha value is -2.98. The van der Waals surface area contributed by atoms with Crippen molar-refractivity contribution in [1.82, 2.24) is 29.6 Å². The molecule has 0 saturated carbocycles. The van der Waals surface area contributed by atoms with E-state index in [1.54, 1.807) is 18.2 Å². The molecule has 0 aliphatic carbocycles. The van der Waals surface area contributed by atoms with Crippen LogP contribution in [0.4, 0.5) is 4.39 Å². The van der Waals surface area contributed by atoms with Crippen molar-refractivity contribution >= 4 is 16.3 Å². The smallest absolute Gasteiger partial charge is 0.275 e. The van der Waals surface area contributed by atoms with Gasteiger partial charge >= 0.3 is 0 Å². The van der Waals surface area contributed by atoms with Crippen LogP contribution in [0.25, 0.3) is 16.3 Å². The van der Waals surface area contributed by atoms with E-state index >= 15 is 0 Å². The van der Waals surface area contributed by atoms with Gasteiger partial charge in [0.1, 0.15) is 10.8 Å². The Kier molecular flexibility index (Phi) is 4.87. The van der Waals surface area contributed by atoms with E-state index in [2.05, 4.69) is 25.1 Å². The molecule has 0 N–H and O–H groups in total. The van der Waals surface area contributed by atoms with Crippen LogP contribution in [0.3, 0.4) is 0 Å². The molecule has 10 heteroatoms. The normalized spacial score (nSPS) is 17.6. The Bertz CT molecular complexity index is 1270. The minimum Gasteiger partial charge on any atom is -0.339 e. The van der Waals surface area contributed by atoms with Gasteiger partial charge in [0.15, 0.2) is 0 Å². The van der Waals surface area contributed by atoms with Crippen LogP contribution in [0.5, 0.6) is 0 Å². The summed E-state index contributed by atoms with van der Waals surface area (Å²) in [7, 11) is 0. The van der Waals surface area contributed by atoms with Gasteiger partial charge in [0.05, 0.1) is 11.6 Å². The number of benzene rings is 1. The maximum absolute atomic E-state index is 13.5. The Labute approximate surface area is 175 Å². The molecule has 5 rings (SSSR count). The van der Waals surface area contributed by atoms with Crippen LogP contribution in [-0.4, -0.2) is 42.7 Å². The van der Waals surface area contributed by atoms with Crippen LogP contribution in [-0.2, 0) is 6.54 Å². The first-order chi connectivity index (χ1) is 14.5. The summed E-state index contributed by atoms with van der Waals surface area (Å²) in [5.74, 6) is 0.700. The predicted molar refractivity (Wildman–Crippen MR) is 109 cm³/mol. The summed E-state index contributed by atoms with van der Waals surface area (Å²) in [4.78, 5) is 24.2. The summed E-state index contributed by atoms with van der Waals surface area (Å²) in [6.45, 7) is 4.07. The van der Waals surface area contributed by atoms with Gasteiger partial charge in [-0.1, -0.05) is 28.6 Å². The lowest BCUT2D eigenvalue weighted by Crippen LogP contribution is -2.34. The van der Waals surface area contributed by atoms with E-state index in [1.165, 1.54) is 28.0 Å². The van der Waals surface area contributed by atoms with Crippen LogP contribution in [0.15, 0.2) is 39.6 Å². The van der Waals surface area contributed by atoms with Crippen LogP contribution in [0, 0.1) is 12.7 Å². The standard InChI is InChI=1S/C20H19FN6O2S/c1-12-24-27-17(28)9-16(22-20(27)30-12)11-26-7-3-5-14(10-26)19-23-18(25-29-19)13-4-2-6-15(21)8-13/h2,4,6,8-9,14H,3,5,7,10-11H2,1H3. The summed E-state index contributed by atoms with van der Waals surface area (Å²) >= 11 is 1.40. The predicted octanol–water partition coefficient (Wildman–Crippen LogP) is 3.03. The highest BCUT2D eigenvalue weighted by Gasteiger charge is 2.27. The highest BCUT2D eigenvalue weighted by molar-refractivity contribution is 7.16. The zero-order valence-electron chi connectivity index (χ0n) is 16.3. The number of aromatic nitrogens is 5. The molecule has 0 spiro atoms. The quantitative estimate of drug-likeness (QED) is 0.495. The number of halogens is 1.